The Morgan fingerprint density at radius 2 is 1.21 bits per heavy atom. The molecule has 0 bridgehead atoms. The summed E-state index contributed by atoms with van der Waals surface area (Å²) in [5, 5.41) is 0. The van der Waals surface area contributed by atoms with Crippen molar-refractivity contribution in [1.29, 1.82) is 0 Å². The number of hydrogen-bond acceptors (Lipinski definition) is 0. The van der Waals surface area contributed by atoms with E-state index in [0.717, 1.165) is 39.0 Å². The smallest absolute Gasteiger partial charge is 0.207 e. The molecule has 1 saturated carbocycles. The molecule has 0 aromatic carbocycles. The summed E-state index contributed by atoms with van der Waals surface area (Å²) in [6.07, 6.45) is 4.59. The molecule has 88 valence electrons. The predicted octanol–water partition coefficient (Wildman–Crippen LogP) is 5.27. The van der Waals surface area contributed by atoms with E-state index < -0.39 is 5.92 Å². The lowest BCUT2D eigenvalue weighted by atomic mass is 9.85. The number of alkyl halides is 2. The van der Waals surface area contributed by atoms with E-state index in [1.165, 1.54) is 0 Å². The second-order valence-electron chi connectivity index (χ2n) is 3.29. The van der Waals surface area contributed by atoms with Gasteiger partial charge in [0.25, 0.3) is 0 Å². The molecule has 14 heavy (non-hydrogen) atoms. The average molecular weight is 208 g/mol. The van der Waals surface area contributed by atoms with Crippen LogP contribution in [0.3, 0.4) is 0 Å². The first-order valence-electron chi connectivity index (χ1n) is 5.98. The summed E-state index contributed by atoms with van der Waals surface area (Å²) in [5.41, 5.74) is 0. The van der Waals surface area contributed by atoms with E-state index in [2.05, 4.69) is 0 Å². The summed E-state index contributed by atoms with van der Waals surface area (Å²) in [7, 11) is 0. The molecule has 2 heteroatoms. The summed E-state index contributed by atoms with van der Waals surface area (Å²) in [4.78, 5) is 0. The van der Waals surface area contributed by atoms with Gasteiger partial charge < -0.3 is 0 Å². The van der Waals surface area contributed by atoms with Gasteiger partial charge in [0.15, 0.2) is 0 Å². The van der Waals surface area contributed by atoms with Gasteiger partial charge in [-0.25, -0.2) is 8.78 Å². The van der Waals surface area contributed by atoms with Gasteiger partial charge in [0, 0.05) is 5.92 Å². The highest BCUT2D eigenvalue weighted by Gasteiger charge is 2.34. The second-order valence-corrected chi connectivity index (χ2v) is 3.29. The molecule has 0 aromatic heterocycles. The van der Waals surface area contributed by atoms with Crippen molar-refractivity contribution in [2.75, 3.05) is 0 Å². The fourth-order valence-corrected chi connectivity index (χ4v) is 1.61. The minimum Gasteiger partial charge on any atom is -0.207 e. The molecule has 1 aliphatic carbocycles. The maximum atomic E-state index is 12.6. The molecule has 0 N–H and O–H groups in total. The van der Waals surface area contributed by atoms with E-state index in [4.69, 9.17) is 0 Å². The molecule has 1 rings (SSSR count). The van der Waals surface area contributed by atoms with Crippen molar-refractivity contribution in [1.82, 2.24) is 0 Å². The molecule has 0 atom stereocenters. The fraction of sp³-hybridized carbons (Fsp3) is 1.00. The average Bonchev–Trinajstić information content (AvgIpc) is 2.24. The zero-order valence-corrected chi connectivity index (χ0v) is 10.4. The molecule has 0 aromatic rings. The van der Waals surface area contributed by atoms with Crippen molar-refractivity contribution in [2.24, 2.45) is 5.92 Å². The fourth-order valence-electron chi connectivity index (χ4n) is 1.61. The van der Waals surface area contributed by atoms with E-state index in [1.54, 1.807) is 0 Å². The Balaban J connectivity index is 0. The van der Waals surface area contributed by atoms with Gasteiger partial charge in [-0.15, -0.1) is 0 Å². The van der Waals surface area contributed by atoms with Crippen molar-refractivity contribution < 1.29 is 8.78 Å². The van der Waals surface area contributed by atoms with Crippen LogP contribution in [0.15, 0.2) is 0 Å². The largest absolute Gasteiger partial charge is 0.248 e. The molecule has 0 unspecified atom stereocenters. The topological polar surface area (TPSA) is 0 Å². The highest BCUT2D eigenvalue weighted by atomic mass is 19.3. The molecule has 0 saturated heterocycles. The monoisotopic (exact) mass is 208 g/mol. The van der Waals surface area contributed by atoms with Gasteiger partial charge in [-0.1, -0.05) is 47.0 Å². The van der Waals surface area contributed by atoms with E-state index in [0.29, 0.717) is 0 Å². The Morgan fingerprint density at radius 3 is 1.43 bits per heavy atom. The molecule has 1 fully saturated rings. The lowest BCUT2D eigenvalue weighted by Gasteiger charge is -2.26. The van der Waals surface area contributed by atoms with Gasteiger partial charge in [0.2, 0.25) is 5.92 Å². The lowest BCUT2D eigenvalue weighted by molar-refractivity contribution is -0.0528. The number of halogens is 2. The van der Waals surface area contributed by atoms with Crippen LogP contribution in [-0.4, -0.2) is 5.92 Å². The van der Waals surface area contributed by atoms with Gasteiger partial charge >= 0.3 is 0 Å². The maximum absolute atomic E-state index is 12.6. The van der Waals surface area contributed by atoms with E-state index in [9.17, 15) is 8.78 Å². The summed E-state index contributed by atoms with van der Waals surface area (Å²) in [6.45, 7) is 9.04. The first-order valence-corrected chi connectivity index (χ1v) is 5.98. The Hall–Kier alpha value is -0.140. The van der Waals surface area contributed by atoms with E-state index in [-0.39, 0.29) is 5.92 Å². The lowest BCUT2D eigenvalue weighted by Crippen LogP contribution is -2.26. The summed E-state index contributed by atoms with van der Waals surface area (Å²) >= 11 is 0. The molecule has 0 radical (unpaired) electrons. The molecule has 0 aliphatic heterocycles. The van der Waals surface area contributed by atoms with Gasteiger partial charge in [0.05, 0.1) is 0 Å². The highest BCUT2D eigenvalue weighted by molar-refractivity contribution is 4.75. The van der Waals surface area contributed by atoms with Crippen LogP contribution in [-0.2, 0) is 0 Å². The molecule has 0 nitrogen and oxygen atoms in total. The first kappa shape index (κ1) is 16.3. The van der Waals surface area contributed by atoms with Gasteiger partial charge in [-0.3, -0.25) is 0 Å². The molecule has 0 spiro atoms. The predicted molar refractivity (Wildman–Crippen MR) is 59.9 cm³/mol. The molecule has 0 heterocycles. The number of rotatable bonds is 1. The van der Waals surface area contributed by atoms with Gasteiger partial charge in [-0.05, 0) is 19.8 Å². The molecule has 0 amide bonds. The standard InChI is InChI=1S/C8H14F2.2C2H6/c1-8(9,10)7-5-3-2-4-6-7;2*1-2/h7H,2-6H2,1H3;2*1-2H3. The van der Waals surface area contributed by atoms with Crippen LogP contribution in [0.4, 0.5) is 8.78 Å². The van der Waals surface area contributed by atoms with Crippen molar-refractivity contribution in [2.45, 2.75) is 72.6 Å². The highest BCUT2D eigenvalue weighted by Crippen LogP contribution is 2.35. The normalized spacial score (nSPS) is 17.4. The summed E-state index contributed by atoms with van der Waals surface area (Å²) in [6, 6.07) is 0. The van der Waals surface area contributed by atoms with Crippen molar-refractivity contribution in [3.05, 3.63) is 0 Å². The molecule has 1 aliphatic rings. The van der Waals surface area contributed by atoms with Crippen LogP contribution in [0.25, 0.3) is 0 Å². The minimum atomic E-state index is -2.43. The third-order valence-electron chi connectivity index (χ3n) is 2.32. The molecular formula is C12H26F2. The van der Waals surface area contributed by atoms with Crippen LogP contribution in [0, 0.1) is 5.92 Å². The summed E-state index contributed by atoms with van der Waals surface area (Å²) in [5.74, 6) is -2.76. The van der Waals surface area contributed by atoms with Crippen LogP contribution in [0.1, 0.15) is 66.7 Å². The third-order valence-corrected chi connectivity index (χ3v) is 2.32. The SMILES string of the molecule is CC.CC.CC(F)(F)C1CCCCC1. The van der Waals surface area contributed by atoms with Crippen LogP contribution >= 0.6 is 0 Å². The van der Waals surface area contributed by atoms with Gasteiger partial charge in [0.1, 0.15) is 0 Å². The minimum absolute atomic E-state index is 0.332. The van der Waals surface area contributed by atoms with Crippen LogP contribution < -0.4 is 0 Å². The van der Waals surface area contributed by atoms with Crippen molar-refractivity contribution >= 4 is 0 Å². The van der Waals surface area contributed by atoms with Crippen LogP contribution in [0.5, 0.6) is 0 Å². The van der Waals surface area contributed by atoms with Gasteiger partial charge in [-0.2, -0.15) is 0 Å². The Morgan fingerprint density at radius 1 is 0.857 bits per heavy atom. The Kier molecular flexibility index (Phi) is 11.0. The quantitative estimate of drug-likeness (QED) is 0.550. The zero-order chi connectivity index (χ0) is 11.6. The molecular weight excluding hydrogens is 182 g/mol. The third kappa shape index (κ3) is 7.28. The Labute approximate surface area is 88.1 Å². The van der Waals surface area contributed by atoms with E-state index in [1.807, 2.05) is 27.7 Å². The maximum Gasteiger partial charge on any atom is 0.248 e. The Bertz CT molecular complexity index is 99.4. The zero-order valence-electron chi connectivity index (χ0n) is 10.4. The summed E-state index contributed by atoms with van der Waals surface area (Å²) < 4.78 is 25.2. The van der Waals surface area contributed by atoms with Crippen LogP contribution in [0.2, 0.25) is 0 Å². The second kappa shape index (κ2) is 9.42. The van der Waals surface area contributed by atoms with E-state index >= 15 is 0 Å². The number of hydrogen-bond donors (Lipinski definition) is 0. The van der Waals surface area contributed by atoms with Crippen molar-refractivity contribution in [3.63, 3.8) is 0 Å². The first-order chi connectivity index (χ1) is 6.61. The van der Waals surface area contributed by atoms with Crippen molar-refractivity contribution in [3.8, 4) is 0 Å².